The topological polar surface area (TPSA) is 0 Å². The van der Waals surface area contributed by atoms with Crippen molar-refractivity contribution in [1.82, 2.24) is 0 Å². The Balaban J connectivity index is 1.22. The second-order valence-electron chi connectivity index (χ2n) is 13.8. The van der Waals surface area contributed by atoms with Crippen LogP contribution in [0.15, 0.2) is 109 Å². The summed E-state index contributed by atoms with van der Waals surface area (Å²) in [5.41, 5.74) is 23.7. The maximum atomic E-state index is 2.44. The normalized spacial score (nSPS) is 13.1. The van der Waals surface area contributed by atoms with Crippen molar-refractivity contribution in [2.75, 3.05) is 0 Å². The van der Waals surface area contributed by atoms with Crippen LogP contribution in [-0.4, -0.2) is 0 Å². The fraction of sp³-hybridized carbons (Fsp3) is 0.200. The first-order valence-electron chi connectivity index (χ1n) is 16.2. The summed E-state index contributed by atoms with van der Waals surface area (Å²) in [6, 6.07) is 41.5. The Bertz CT molecular complexity index is 1980. The van der Waals surface area contributed by atoms with Crippen LogP contribution >= 0.6 is 0 Å². The van der Waals surface area contributed by atoms with Crippen LogP contribution in [0.2, 0.25) is 0 Å². The molecular weight excluding hydrogens is 540 g/mol. The molecule has 6 aromatic carbocycles. The monoisotopic (exact) mass is 582 g/mol. The van der Waals surface area contributed by atoms with Gasteiger partial charge in [0.15, 0.2) is 0 Å². The molecule has 0 heterocycles. The number of hydrogen-bond acceptors (Lipinski definition) is 0. The van der Waals surface area contributed by atoms with Gasteiger partial charge in [-0.1, -0.05) is 122 Å². The highest BCUT2D eigenvalue weighted by molar-refractivity contribution is 5.87. The molecule has 0 N–H and O–H groups in total. The lowest BCUT2D eigenvalue weighted by atomic mass is 9.80. The summed E-state index contributed by atoms with van der Waals surface area (Å²) in [5.74, 6) is 0. The van der Waals surface area contributed by atoms with Gasteiger partial charge in [-0.3, -0.25) is 0 Å². The molecule has 0 atom stereocenters. The van der Waals surface area contributed by atoms with E-state index in [0.717, 1.165) is 0 Å². The van der Waals surface area contributed by atoms with Crippen LogP contribution in [-0.2, 0) is 5.41 Å². The molecular formula is C45H42. The first kappa shape index (κ1) is 29.1. The van der Waals surface area contributed by atoms with Gasteiger partial charge >= 0.3 is 0 Å². The van der Waals surface area contributed by atoms with E-state index >= 15 is 0 Å². The molecule has 1 aliphatic rings. The van der Waals surface area contributed by atoms with Crippen LogP contribution in [0.5, 0.6) is 0 Å². The molecule has 1 aliphatic carbocycles. The summed E-state index contributed by atoms with van der Waals surface area (Å²) < 4.78 is 0. The minimum atomic E-state index is -0.0869. The summed E-state index contributed by atoms with van der Waals surface area (Å²) in [6.45, 7) is 18.0. The lowest BCUT2D eigenvalue weighted by Crippen LogP contribution is -2.15. The van der Waals surface area contributed by atoms with Crippen molar-refractivity contribution in [1.29, 1.82) is 0 Å². The fourth-order valence-corrected chi connectivity index (χ4v) is 7.66. The molecule has 222 valence electrons. The predicted octanol–water partition coefficient (Wildman–Crippen LogP) is 12.5. The van der Waals surface area contributed by atoms with Gasteiger partial charge in [0.25, 0.3) is 0 Å². The van der Waals surface area contributed by atoms with E-state index in [1.165, 1.54) is 100 Å². The van der Waals surface area contributed by atoms with Crippen molar-refractivity contribution >= 4 is 0 Å². The quantitative estimate of drug-likeness (QED) is 0.194. The molecule has 6 aromatic rings. The van der Waals surface area contributed by atoms with Crippen molar-refractivity contribution in [2.24, 2.45) is 0 Å². The third kappa shape index (κ3) is 4.94. The molecule has 45 heavy (non-hydrogen) atoms. The Labute approximate surface area is 269 Å². The first-order chi connectivity index (χ1) is 21.5. The zero-order valence-corrected chi connectivity index (χ0v) is 27.9. The van der Waals surface area contributed by atoms with Crippen LogP contribution in [0.1, 0.15) is 58.4 Å². The van der Waals surface area contributed by atoms with E-state index in [4.69, 9.17) is 0 Å². The molecule has 0 heteroatoms. The Kier molecular flexibility index (Phi) is 6.93. The van der Waals surface area contributed by atoms with E-state index in [0.29, 0.717) is 0 Å². The van der Waals surface area contributed by atoms with Crippen LogP contribution in [0.3, 0.4) is 0 Å². The molecule has 0 saturated carbocycles. The van der Waals surface area contributed by atoms with Gasteiger partial charge in [0, 0.05) is 5.41 Å². The summed E-state index contributed by atoms with van der Waals surface area (Å²) in [7, 11) is 0. The minimum Gasteiger partial charge on any atom is -0.0587 e. The lowest BCUT2D eigenvalue weighted by Gasteiger charge is -2.23. The smallest absolute Gasteiger partial charge is 0.0159 e. The van der Waals surface area contributed by atoms with Crippen molar-refractivity contribution in [2.45, 2.75) is 60.8 Å². The SMILES string of the molecule is Cc1ccc(-c2ccc(-c3ccc4c(c3)C(C)(C)c3cc(-c5ccc(-c6ccc(C)cc6C)cc5C)ccc3-4)c(C)c2)c(C)c1. The Morgan fingerprint density at radius 1 is 0.311 bits per heavy atom. The van der Waals surface area contributed by atoms with Gasteiger partial charge in [0.1, 0.15) is 0 Å². The van der Waals surface area contributed by atoms with E-state index in [1.54, 1.807) is 0 Å². The van der Waals surface area contributed by atoms with Gasteiger partial charge < -0.3 is 0 Å². The van der Waals surface area contributed by atoms with Crippen molar-refractivity contribution in [3.05, 3.63) is 154 Å². The van der Waals surface area contributed by atoms with Gasteiger partial charge in [-0.2, -0.15) is 0 Å². The summed E-state index contributed by atoms with van der Waals surface area (Å²) >= 11 is 0. The zero-order valence-electron chi connectivity index (χ0n) is 27.9. The number of aryl methyl sites for hydroxylation is 6. The van der Waals surface area contributed by atoms with Crippen LogP contribution in [0.25, 0.3) is 55.6 Å². The molecule has 0 amide bonds. The largest absolute Gasteiger partial charge is 0.0587 e. The van der Waals surface area contributed by atoms with Crippen molar-refractivity contribution in [3.63, 3.8) is 0 Å². The number of rotatable bonds is 4. The van der Waals surface area contributed by atoms with E-state index in [1.807, 2.05) is 0 Å². The maximum absolute atomic E-state index is 2.44. The zero-order chi connectivity index (χ0) is 31.6. The van der Waals surface area contributed by atoms with E-state index in [9.17, 15) is 0 Å². The van der Waals surface area contributed by atoms with E-state index in [2.05, 4.69) is 165 Å². The number of benzene rings is 6. The summed E-state index contributed by atoms with van der Waals surface area (Å²) in [5, 5.41) is 0. The Hall–Kier alpha value is -4.68. The van der Waals surface area contributed by atoms with Gasteiger partial charge in [0.2, 0.25) is 0 Å². The first-order valence-corrected chi connectivity index (χ1v) is 16.2. The molecule has 0 aromatic heterocycles. The third-order valence-electron chi connectivity index (χ3n) is 10.1. The minimum absolute atomic E-state index is 0.0869. The molecule has 0 nitrogen and oxygen atoms in total. The average Bonchev–Trinajstić information content (AvgIpc) is 3.22. The molecule has 0 bridgehead atoms. The second-order valence-corrected chi connectivity index (χ2v) is 13.8. The fourth-order valence-electron chi connectivity index (χ4n) is 7.66. The summed E-state index contributed by atoms with van der Waals surface area (Å²) in [6.07, 6.45) is 0. The molecule has 7 rings (SSSR count). The van der Waals surface area contributed by atoms with Gasteiger partial charge in [-0.15, -0.1) is 0 Å². The highest BCUT2D eigenvalue weighted by atomic mass is 14.4. The molecule has 0 spiro atoms. The van der Waals surface area contributed by atoms with Gasteiger partial charge in [0.05, 0.1) is 0 Å². The number of hydrogen-bond donors (Lipinski definition) is 0. The summed E-state index contributed by atoms with van der Waals surface area (Å²) in [4.78, 5) is 0. The Morgan fingerprint density at radius 3 is 0.933 bits per heavy atom. The highest BCUT2D eigenvalue weighted by Crippen LogP contribution is 2.51. The average molecular weight is 583 g/mol. The van der Waals surface area contributed by atoms with Gasteiger partial charge in [-0.25, -0.2) is 0 Å². The van der Waals surface area contributed by atoms with Crippen LogP contribution in [0.4, 0.5) is 0 Å². The van der Waals surface area contributed by atoms with E-state index in [-0.39, 0.29) is 5.41 Å². The lowest BCUT2D eigenvalue weighted by molar-refractivity contribution is 0.661. The maximum Gasteiger partial charge on any atom is 0.0159 e. The van der Waals surface area contributed by atoms with Crippen molar-refractivity contribution < 1.29 is 0 Å². The van der Waals surface area contributed by atoms with Crippen LogP contribution in [0, 0.1) is 41.5 Å². The Morgan fingerprint density at radius 2 is 0.600 bits per heavy atom. The number of fused-ring (bicyclic) bond motifs is 3. The van der Waals surface area contributed by atoms with Crippen LogP contribution < -0.4 is 0 Å². The van der Waals surface area contributed by atoms with E-state index < -0.39 is 0 Å². The van der Waals surface area contributed by atoms with Gasteiger partial charge in [-0.05, 0) is 143 Å². The standard InChI is InChI=1S/C45H42/c1-27-9-15-37(29(3)21-27)33-11-17-39(31(5)23-33)35-13-19-41-42-20-14-36(26-44(42)45(7,8)43(41)25-35)40-18-12-34(24-32(40)6)38-16-10-28(2)22-30(38)4/h9-26H,1-8H3. The molecule has 0 radical (unpaired) electrons. The third-order valence-corrected chi connectivity index (χ3v) is 10.1. The molecule has 0 aliphatic heterocycles. The second kappa shape index (κ2) is 10.7. The predicted molar refractivity (Wildman–Crippen MR) is 194 cm³/mol. The molecule has 0 saturated heterocycles. The van der Waals surface area contributed by atoms with Crippen molar-refractivity contribution in [3.8, 4) is 55.6 Å². The highest BCUT2D eigenvalue weighted by Gasteiger charge is 2.36. The molecule has 0 fully saturated rings. The molecule has 0 unspecified atom stereocenters.